The average molecular weight is 319 g/mol. The highest BCUT2D eigenvalue weighted by atomic mass is 16.2. The lowest BCUT2D eigenvalue weighted by atomic mass is 10.1. The van der Waals surface area contributed by atoms with Gasteiger partial charge >= 0.3 is 0 Å². The van der Waals surface area contributed by atoms with E-state index in [0.717, 1.165) is 58.2 Å². The van der Waals surface area contributed by atoms with E-state index < -0.39 is 0 Å². The van der Waals surface area contributed by atoms with Gasteiger partial charge in [0.25, 0.3) is 0 Å². The molecule has 2 aliphatic rings. The number of hydrogen-bond donors (Lipinski definition) is 0. The maximum atomic E-state index is 12.3. The molecule has 2 saturated heterocycles. The van der Waals surface area contributed by atoms with Crippen LogP contribution in [0.1, 0.15) is 25.1 Å². The maximum absolute atomic E-state index is 12.3. The Morgan fingerprint density at radius 1 is 1.00 bits per heavy atom. The fourth-order valence-corrected chi connectivity index (χ4v) is 3.49. The van der Waals surface area contributed by atoms with Crippen molar-refractivity contribution in [2.75, 3.05) is 52.4 Å². The number of piperidine rings is 1. The molecule has 23 heavy (non-hydrogen) atoms. The number of hydrogen-bond acceptors (Lipinski definition) is 4. The lowest BCUT2D eigenvalue weighted by Gasteiger charge is -2.36. The molecule has 1 aromatic rings. The molecule has 3 rings (SSSR count). The Bertz CT molecular complexity index is 501. The van der Waals surface area contributed by atoms with Gasteiger partial charge in [0, 0.05) is 64.8 Å². The van der Waals surface area contributed by atoms with Gasteiger partial charge in [-0.3, -0.25) is 14.6 Å². The molecule has 0 bridgehead atoms. The van der Waals surface area contributed by atoms with Gasteiger partial charge in [-0.2, -0.15) is 0 Å². The normalized spacial score (nSPS) is 20.8. The van der Waals surface area contributed by atoms with Crippen molar-refractivity contribution < 1.29 is 4.79 Å². The first-order valence-electron chi connectivity index (χ1n) is 8.92. The summed E-state index contributed by atoms with van der Waals surface area (Å²) in [6, 6.07) is 0. The number of piperazine rings is 1. The standard InChI is InChI=1S/C17H29N5O/c1-16-18-5-8-21(16)14-13-19-9-11-20(12-10-19)15-17(23)22-6-3-2-4-7-22/h5,8H,2-4,6-7,9-15H2,1H3. The average Bonchev–Trinajstić information content (AvgIpc) is 3.00. The number of imidazole rings is 1. The van der Waals surface area contributed by atoms with E-state index in [4.69, 9.17) is 0 Å². The Balaban J connectivity index is 1.36. The van der Waals surface area contributed by atoms with E-state index in [0.29, 0.717) is 12.5 Å². The first kappa shape index (κ1) is 16.5. The van der Waals surface area contributed by atoms with Gasteiger partial charge in [-0.05, 0) is 26.2 Å². The van der Waals surface area contributed by atoms with Gasteiger partial charge in [0.05, 0.1) is 6.54 Å². The van der Waals surface area contributed by atoms with Crippen LogP contribution in [0.4, 0.5) is 0 Å². The number of rotatable bonds is 5. The molecule has 0 spiro atoms. The summed E-state index contributed by atoms with van der Waals surface area (Å²) in [5.41, 5.74) is 0. The highest BCUT2D eigenvalue weighted by Gasteiger charge is 2.22. The van der Waals surface area contributed by atoms with Crippen LogP contribution in [0.5, 0.6) is 0 Å². The van der Waals surface area contributed by atoms with Crippen LogP contribution < -0.4 is 0 Å². The zero-order chi connectivity index (χ0) is 16.1. The van der Waals surface area contributed by atoms with Crippen molar-refractivity contribution in [3.05, 3.63) is 18.2 Å². The van der Waals surface area contributed by atoms with E-state index in [2.05, 4.69) is 24.3 Å². The molecule has 0 unspecified atom stereocenters. The number of carbonyl (C=O) groups is 1. The summed E-state index contributed by atoms with van der Waals surface area (Å²) in [5.74, 6) is 1.41. The second-order valence-corrected chi connectivity index (χ2v) is 6.73. The number of nitrogens with zero attached hydrogens (tertiary/aromatic N) is 5. The molecule has 1 amide bonds. The van der Waals surface area contributed by atoms with Gasteiger partial charge in [0.1, 0.15) is 5.82 Å². The lowest BCUT2D eigenvalue weighted by molar-refractivity contribution is -0.133. The van der Waals surface area contributed by atoms with Gasteiger partial charge in [-0.25, -0.2) is 4.98 Å². The summed E-state index contributed by atoms with van der Waals surface area (Å²) >= 11 is 0. The van der Waals surface area contributed by atoms with Crippen molar-refractivity contribution in [2.24, 2.45) is 0 Å². The van der Waals surface area contributed by atoms with E-state index >= 15 is 0 Å². The van der Waals surface area contributed by atoms with Crippen molar-refractivity contribution in [3.63, 3.8) is 0 Å². The predicted molar refractivity (Wildman–Crippen MR) is 90.3 cm³/mol. The quantitative estimate of drug-likeness (QED) is 0.806. The second-order valence-electron chi connectivity index (χ2n) is 6.73. The Morgan fingerprint density at radius 2 is 1.70 bits per heavy atom. The molecule has 0 aromatic carbocycles. The number of carbonyl (C=O) groups excluding carboxylic acids is 1. The monoisotopic (exact) mass is 319 g/mol. The third-order valence-corrected chi connectivity index (χ3v) is 5.11. The summed E-state index contributed by atoms with van der Waals surface area (Å²) in [6.07, 6.45) is 7.53. The molecule has 0 N–H and O–H groups in total. The van der Waals surface area contributed by atoms with Gasteiger partial charge in [-0.15, -0.1) is 0 Å². The fourth-order valence-electron chi connectivity index (χ4n) is 3.49. The Morgan fingerprint density at radius 3 is 2.35 bits per heavy atom. The molecule has 128 valence electrons. The fraction of sp³-hybridized carbons (Fsp3) is 0.765. The van der Waals surface area contributed by atoms with Crippen molar-refractivity contribution in [2.45, 2.75) is 32.7 Å². The van der Waals surface area contributed by atoms with Gasteiger partial charge in [0.2, 0.25) is 5.91 Å². The summed E-state index contributed by atoms with van der Waals surface area (Å²) < 4.78 is 2.20. The molecule has 0 radical (unpaired) electrons. The minimum absolute atomic E-state index is 0.326. The van der Waals surface area contributed by atoms with E-state index in [9.17, 15) is 4.79 Å². The van der Waals surface area contributed by atoms with Crippen LogP contribution in [0, 0.1) is 6.92 Å². The van der Waals surface area contributed by atoms with Crippen LogP contribution in [0.25, 0.3) is 0 Å². The zero-order valence-electron chi connectivity index (χ0n) is 14.3. The van der Waals surface area contributed by atoms with E-state index in [1.54, 1.807) is 0 Å². The predicted octanol–water partition coefficient (Wildman–Crippen LogP) is 0.822. The molecule has 3 heterocycles. The first-order valence-corrected chi connectivity index (χ1v) is 8.92. The van der Waals surface area contributed by atoms with Gasteiger partial charge in [-0.1, -0.05) is 0 Å². The topological polar surface area (TPSA) is 44.6 Å². The van der Waals surface area contributed by atoms with Crippen LogP contribution in [0.15, 0.2) is 12.4 Å². The van der Waals surface area contributed by atoms with E-state index in [-0.39, 0.29) is 0 Å². The maximum Gasteiger partial charge on any atom is 0.236 e. The highest BCUT2D eigenvalue weighted by Crippen LogP contribution is 2.10. The van der Waals surface area contributed by atoms with Crippen molar-refractivity contribution in [1.29, 1.82) is 0 Å². The number of likely N-dealkylation sites (tertiary alicyclic amines) is 1. The van der Waals surface area contributed by atoms with Crippen LogP contribution in [0.2, 0.25) is 0 Å². The summed E-state index contributed by atoms with van der Waals surface area (Å²) in [6.45, 7) is 10.8. The van der Waals surface area contributed by atoms with E-state index in [1.807, 2.05) is 19.3 Å². The third-order valence-electron chi connectivity index (χ3n) is 5.11. The minimum Gasteiger partial charge on any atom is -0.342 e. The molecule has 6 nitrogen and oxygen atoms in total. The van der Waals surface area contributed by atoms with Gasteiger partial charge < -0.3 is 9.47 Å². The molecule has 2 fully saturated rings. The number of aromatic nitrogens is 2. The largest absolute Gasteiger partial charge is 0.342 e. The van der Waals surface area contributed by atoms with Crippen LogP contribution in [0.3, 0.4) is 0 Å². The molecule has 0 atom stereocenters. The molecule has 1 aromatic heterocycles. The third kappa shape index (κ3) is 4.54. The molecule has 6 heteroatoms. The Hall–Kier alpha value is -1.40. The molecular formula is C17H29N5O. The SMILES string of the molecule is Cc1nccn1CCN1CCN(CC(=O)N2CCCCC2)CC1. The van der Waals surface area contributed by atoms with Crippen LogP contribution in [-0.4, -0.2) is 82.5 Å². The van der Waals surface area contributed by atoms with Crippen molar-refractivity contribution in [1.82, 2.24) is 24.3 Å². The summed E-state index contributed by atoms with van der Waals surface area (Å²) in [7, 11) is 0. The van der Waals surface area contributed by atoms with Crippen LogP contribution in [-0.2, 0) is 11.3 Å². The smallest absolute Gasteiger partial charge is 0.236 e. The zero-order valence-corrected chi connectivity index (χ0v) is 14.3. The molecule has 0 aliphatic carbocycles. The molecule has 2 aliphatic heterocycles. The Kier molecular flexibility index (Phi) is 5.67. The lowest BCUT2D eigenvalue weighted by Crippen LogP contribution is -2.51. The van der Waals surface area contributed by atoms with E-state index in [1.165, 1.54) is 19.3 Å². The number of aryl methyl sites for hydroxylation is 1. The summed E-state index contributed by atoms with van der Waals surface area (Å²) in [4.78, 5) is 23.4. The highest BCUT2D eigenvalue weighted by molar-refractivity contribution is 5.78. The minimum atomic E-state index is 0.326. The first-order chi connectivity index (χ1) is 11.2. The second kappa shape index (κ2) is 7.93. The van der Waals surface area contributed by atoms with Crippen molar-refractivity contribution >= 4 is 5.91 Å². The summed E-state index contributed by atoms with van der Waals surface area (Å²) in [5, 5.41) is 0. The molecular weight excluding hydrogens is 290 g/mol. The number of amides is 1. The molecule has 0 saturated carbocycles. The van der Waals surface area contributed by atoms with Gasteiger partial charge in [0.15, 0.2) is 0 Å². The van der Waals surface area contributed by atoms with Crippen molar-refractivity contribution in [3.8, 4) is 0 Å². The van der Waals surface area contributed by atoms with Crippen LogP contribution >= 0.6 is 0 Å². The Labute approximate surface area is 139 Å².